The van der Waals surface area contributed by atoms with Crippen LogP contribution in [0.2, 0.25) is 0 Å². The Bertz CT molecular complexity index is 525. The zero-order valence-electron chi connectivity index (χ0n) is 11.7. The number of methoxy groups -OCH3 is 1. The fourth-order valence-electron chi connectivity index (χ4n) is 1.89. The lowest BCUT2D eigenvalue weighted by molar-refractivity contribution is 0.190. The molecule has 2 heterocycles. The van der Waals surface area contributed by atoms with Crippen LogP contribution in [0, 0.1) is 0 Å². The summed E-state index contributed by atoms with van der Waals surface area (Å²) in [4.78, 5) is 8.89. The first kappa shape index (κ1) is 13.6. The summed E-state index contributed by atoms with van der Waals surface area (Å²) in [6, 6.07) is 0.180. The highest BCUT2D eigenvalue weighted by Gasteiger charge is 2.10. The van der Waals surface area contributed by atoms with E-state index in [9.17, 15) is 0 Å². The van der Waals surface area contributed by atoms with E-state index in [1.165, 1.54) is 0 Å². The number of ether oxygens (including phenoxy) is 1. The van der Waals surface area contributed by atoms with E-state index in [0.717, 1.165) is 30.2 Å². The van der Waals surface area contributed by atoms with Gasteiger partial charge in [0, 0.05) is 32.1 Å². The van der Waals surface area contributed by atoms with Crippen molar-refractivity contribution >= 4 is 17.3 Å². The zero-order chi connectivity index (χ0) is 13.7. The van der Waals surface area contributed by atoms with Gasteiger partial charge in [0.25, 0.3) is 0 Å². The van der Waals surface area contributed by atoms with Gasteiger partial charge in [-0.25, -0.2) is 9.97 Å². The maximum Gasteiger partial charge on any atom is 0.180 e. The molecule has 0 radical (unpaired) electrons. The minimum atomic E-state index is 0.180. The van der Waals surface area contributed by atoms with Crippen LogP contribution in [0.5, 0.6) is 0 Å². The molecule has 0 aromatic carbocycles. The second kappa shape index (κ2) is 6.38. The van der Waals surface area contributed by atoms with Gasteiger partial charge < -0.3 is 19.8 Å². The van der Waals surface area contributed by atoms with Crippen LogP contribution in [-0.2, 0) is 4.74 Å². The third-order valence-electron chi connectivity index (χ3n) is 2.73. The summed E-state index contributed by atoms with van der Waals surface area (Å²) < 4.78 is 7.10. The first-order chi connectivity index (χ1) is 9.24. The van der Waals surface area contributed by atoms with Crippen LogP contribution in [0.15, 0.2) is 18.6 Å². The van der Waals surface area contributed by atoms with Gasteiger partial charge in [0.2, 0.25) is 0 Å². The molecule has 19 heavy (non-hydrogen) atoms. The van der Waals surface area contributed by atoms with Gasteiger partial charge >= 0.3 is 0 Å². The van der Waals surface area contributed by atoms with Gasteiger partial charge in [0.1, 0.15) is 5.82 Å². The highest BCUT2D eigenvalue weighted by atomic mass is 16.5. The molecule has 1 unspecified atom stereocenters. The van der Waals surface area contributed by atoms with Crippen LogP contribution in [0.3, 0.4) is 0 Å². The summed E-state index contributed by atoms with van der Waals surface area (Å²) in [5.41, 5.74) is 0.824. The largest absolute Gasteiger partial charge is 0.383 e. The first-order valence-corrected chi connectivity index (χ1v) is 6.57. The predicted octanol–water partition coefficient (Wildman–Crippen LogP) is 2.00. The Morgan fingerprint density at radius 3 is 3.05 bits per heavy atom. The SMILES string of the molecule is CCCNc1cn2ccnc2c(NC(C)COC)n1. The molecule has 0 aliphatic heterocycles. The van der Waals surface area contributed by atoms with E-state index in [0.29, 0.717) is 6.61 Å². The van der Waals surface area contributed by atoms with Crippen molar-refractivity contribution in [3.05, 3.63) is 18.6 Å². The molecular weight excluding hydrogens is 242 g/mol. The Morgan fingerprint density at radius 1 is 1.47 bits per heavy atom. The van der Waals surface area contributed by atoms with E-state index in [2.05, 4.69) is 34.4 Å². The predicted molar refractivity (Wildman–Crippen MR) is 76.7 cm³/mol. The topological polar surface area (TPSA) is 63.5 Å². The van der Waals surface area contributed by atoms with Crippen molar-refractivity contribution in [2.45, 2.75) is 26.3 Å². The lowest BCUT2D eigenvalue weighted by Crippen LogP contribution is -2.22. The van der Waals surface area contributed by atoms with Gasteiger partial charge in [0.15, 0.2) is 11.5 Å². The Hall–Kier alpha value is -1.82. The summed E-state index contributed by atoms with van der Waals surface area (Å²) in [7, 11) is 1.69. The Balaban J connectivity index is 2.25. The summed E-state index contributed by atoms with van der Waals surface area (Å²) in [5.74, 6) is 1.62. The molecule has 6 heteroatoms. The average Bonchev–Trinajstić information content (AvgIpc) is 2.85. The van der Waals surface area contributed by atoms with Crippen LogP contribution in [-0.4, -0.2) is 40.7 Å². The van der Waals surface area contributed by atoms with E-state index < -0.39 is 0 Å². The van der Waals surface area contributed by atoms with Gasteiger partial charge in [-0.3, -0.25) is 0 Å². The van der Waals surface area contributed by atoms with Crippen molar-refractivity contribution in [1.29, 1.82) is 0 Å². The fourth-order valence-corrected chi connectivity index (χ4v) is 1.89. The summed E-state index contributed by atoms with van der Waals surface area (Å²) in [6.45, 7) is 5.71. The second-order valence-electron chi connectivity index (χ2n) is 4.56. The summed E-state index contributed by atoms with van der Waals surface area (Å²) in [6.07, 6.45) is 6.70. The van der Waals surface area contributed by atoms with Gasteiger partial charge in [-0.05, 0) is 13.3 Å². The number of anilines is 2. The smallest absolute Gasteiger partial charge is 0.180 e. The first-order valence-electron chi connectivity index (χ1n) is 6.57. The molecule has 2 N–H and O–H groups in total. The minimum Gasteiger partial charge on any atom is -0.383 e. The van der Waals surface area contributed by atoms with Gasteiger partial charge in [0.05, 0.1) is 12.8 Å². The van der Waals surface area contributed by atoms with Gasteiger partial charge in [-0.2, -0.15) is 0 Å². The Kier molecular flexibility index (Phi) is 4.57. The number of rotatable bonds is 7. The van der Waals surface area contributed by atoms with Crippen molar-refractivity contribution < 1.29 is 4.74 Å². The Labute approximate surface area is 113 Å². The van der Waals surface area contributed by atoms with Crippen LogP contribution < -0.4 is 10.6 Å². The molecule has 2 aromatic heterocycles. The third-order valence-corrected chi connectivity index (χ3v) is 2.73. The second-order valence-corrected chi connectivity index (χ2v) is 4.56. The van der Waals surface area contributed by atoms with Crippen LogP contribution in [0.4, 0.5) is 11.6 Å². The molecule has 0 saturated carbocycles. The number of aromatic nitrogens is 3. The normalized spacial score (nSPS) is 12.6. The van der Waals surface area contributed by atoms with Crippen molar-refractivity contribution in [2.24, 2.45) is 0 Å². The lowest BCUT2D eigenvalue weighted by atomic mass is 10.3. The van der Waals surface area contributed by atoms with E-state index in [1.54, 1.807) is 13.3 Å². The van der Waals surface area contributed by atoms with Crippen molar-refractivity contribution in [2.75, 3.05) is 30.9 Å². The van der Waals surface area contributed by atoms with Crippen LogP contribution in [0.25, 0.3) is 5.65 Å². The van der Waals surface area contributed by atoms with Crippen molar-refractivity contribution in [3.8, 4) is 0 Å². The number of hydrogen-bond donors (Lipinski definition) is 2. The quantitative estimate of drug-likeness (QED) is 0.800. The molecule has 2 rings (SSSR count). The highest BCUT2D eigenvalue weighted by Crippen LogP contribution is 2.17. The molecule has 0 saturated heterocycles. The Morgan fingerprint density at radius 2 is 2.32 bits per heavy atom. The molecular formula is C13H21N5O. The fraction of sp³-hybridized carbons (Fsp3) is 0.538. The number of nitrogens with zero attached hydrogens (tertiary/aromatic N) is 3. The van der Waals surface area contributed by atoms with Gasteiger partial charge in [-0.15, -0.1) is 0 Å². The molecule has 0 bridgehead atoms. The molecule has 0 aliphatic rings. The number of imidazole rings is 1. The minimum absolute atomic E-state index is 0.180. The maximum absolute atomic E-state index is 5.13. The third kappa shape index (κ3) is 3.35. The monoisotopic (exact) mass is 263 g/mol. The number of nitrogens with one attached hydrogen (secondary N) is 2. The van der Waals surface area contributed by atoms with Crippen LogP contribution >= 0.6 is 0 Å². The van der Waals surface area contributed by atoms with Crippen molar-refractivity contribution in [1.82, 2.24) is 14.4 Å². The van der Waals surface area contributed by atoms with E-state index in [4.69, 9.17) is 4.74 Å². The molecule has 2 aromatic rings. The summed E-state index contributed by atoms with van der Waals surface area (Å²) >= 11 is 0. The maximum atomic E-state index is 5.13. The van der Waals surface area contributed by atoms with E-state index >= 15 is 0 Å². The molecule has 0 fully saturated rings. The molecule has 104 valence electrons. The van der Waals surface area contributed by atoms with Crippen LogP contribution in [0.1, 0.15) is 20.3 Å². The average molecular weight is 263 g/mol. The molecule has 1 atom stereocenters. The number of hydrogen-bond acceptors (Lipinski definition) is 5. The standard InChI is InChI=1S/C13H21N5O/c1-4-5-14-11-8-18-7-6-15-13(18)12(17-11)16-10(2)9-19-3/h6-8,10,14H,4-5,9H2,1-3H3,(H,16,17). The highest BCUT2D eigenvalue weighted by molar-refractivity contribution is 5.65. The molecule has 6 nitrogen and oxygen atoms in total. The van der Waals surface area contributed by atoms with E-state index in [1.807, 2.05) is 16.8 Å². The molecule has 0 aliphatic carbocycles. The lowest BCUT2D eigenvalue weighted by Gasteiger charge is -2.15. The van der Waals surface area contributed by atoms with E-state index in [-0.39, 0.29) is 6.04 Å². The molecule has 0 spiro atoms. The molecule has 0 amide bonds. The number of fused-ring (bicyclic) bond motifs is 1. The van der Waals surface area contributed by atoms with Gasteiger partial charge in [-0.1, -0.05) is 6.92 Å². The zero-order valence-corrected chi connectivity index (χ0v) is 11.7. The summed E-state index contributed by atoms with van der Waals surface area (Å²) in [5, 5.41) is 6.62. The van der Waals surface area contributed by atoms with Crippen molar-refractivity contribution in [3.63, 3.8) is 0 Å².